The molecule has 1 unspecified atom stereocenters. The lowest BCUT2D eigenvalue weighted by Gasteiger charge is -2.30. The van der Waals surface area contributed by atoms with Crippen LogP contribution in [-0.4, -0.2) is 48.9 Å². The number of rotatable bonds is 7. The Labute approximate surface area is 224 Å². The first-order valence-corrected chi connectivity index (χ1v) is 13.7. The second-order valence-electron chi connectivity index (χ2n) is 10.6. The Balaban J connectivity index is 1.39. The Kier molecular flexibility index (Phi) is 7.90. The summed E-state index contributed by atoms with van der Waals surface area (Å²) in [6.07, 6.45) is 5.34. The first-order valence-electron chi connectivity index (χ1n) is 13.7. The molecule has 0 spiro atoms. The molecular weight excluding hydrogens is 511 g/mol. The first kappa shape index (κ1) is 27.1. The number of imidazole rings is 1. The third-order valence-corrected chi connectivity index (χ3v) is 8.00. The van der Waals surface area contributed by atoms with Crippen molar-refractivity contribution < 1.29 is 22.8 Å². The van der Waals surface area contributed by atoms with Gasteiger partial charge < -0.3 is 10.6 Å². The minimum Gasteiger partial charge on any atom is -0.355 e. The molecule has 9 nitrogen and oxygen atoms in total. The summed E-state index contributed by atoms with van der Waals surface area (Å²) in [5, 5.41) is 14.4. The van der Waals surface area contributed by atoms with Gasteiger partial charge in [0.1, 0.15) is 5.69 Å². The van der Waals surface area contributed by atoms with Crippen molar-refractivity contribution >= 4 is 17.5 Å². The summed E-state index contributed by atoms with van der Waals surface area (Å²) in [5.74, 6) is -2.75. The van der Waals surface area contributed by atoms with Gasteiger partial charge in [0.05, 0.1) is 29.5 Å². The molecule has 3 aromatic rings. The molecule has 0 bridgehead atoms. The van der Waals surface area contributed by atoms with Crippen LogP contribution in [0, 0.1) is 17.8 Å². The van der Waals surface area contributed by atoms with E-state index >= 15 is 0 Å². The lowest BCUT2D eigenvalue weighted by Crippen LogP contribution is -2.47. The van der Waals surface area contributed by atoms with Crippen molar-refractivity contribution in [2.75, 3.05) is 6.54 Å². The van der Waals surface area contributed by atoms with Crippen molar-refractivity contribution in [1.82, 2.24) is 35.0 Å². The summed E-state index contributed by atoms with van der Waals surface area (Å²) in [7, 11) is 0. The fourth-order valence-corrected chi connectivity index (χ4v) is 5.85. The summed E-state index contributed by atoms with van der Waals surface area (Å²) in [4.78, 5) is 30.4. The topological polar surface area (TPSA) is 106 Å². The lowest BCUT2D eigenvalue weighted by molar-refractivity contribution is -0.183. The van der Waals surface area contributed by atoms with Crippen molar-refractivity contribution in [2.45, 2.75) is 77.1 Å². The van der Waals surface area contributed by atoms with Crippen molar-refractivity contribution in [3.63, 3.8) is 0 Å². The number of carbonyl (C=O) groups is 2. The van der Waals surface area contributed by atoms with Gasteiger partial charge >= 0.3 is 6.18 Å². The van der Waals surface area contributed by atoms with Crippen LogP contribution in [0.5, 0.6) is 0 Å². The fraction of sp³-hybridized carbons (Fsp3) is 0.593. The third-order valence-electron chi connectivity index (χ3n) is 8.00. The van der Waals surface area contributed by atoms with Gasteiger partial charge in [0.2, 0.25) is 5.91 Å². The highest BCUT2D eigenvalue weighted by Gasteiger charge is 2.44. The molecule has 5 rings (SSSR count). The van der Waals surface area contributed by atoms with E-state index in [-0.39, 0.29) is 43.2 Å². The summed E-state index contributed by atoms with van der Waals surface area (Å²) >= 11 is 0. The monoisotopic (exact) mass is 545 g/mol. The predicted octanol–water partition coefficient (Wildman–Crippen LogP) is 4.24. The molecule has 2 fully saturated rings. The Morgan fingerprint density at radius 1 is 1.18 bits per heavy atom. The van der Waals surface area contributed by atoms with E-state index in [1.54, 1.807) is 39.8 Å². The normalized spacial score (nSPS) is 21.9. The zero-order valence-corrected chi connectivity index (χ0v) is 22.0. The van der Waals surface area contributed by atoms with Gasteiger partial charge in [0.25, 0.3) is 5.91 Å². The average Bonchev–Trinajstić information content (AvgIpc) is 3.47. The Hall–Kier alpha value is -3.44. The van der Waals surface area contributed by atoms with E-state index in [0.29, 0.717) is 29.3 Å². The average molecular weight is 546 g/mol. The fourth-order valence-electron chi connectivity index (χ4n) is 5.85. The van der Waals surface area contributed by atoms with Crippen LogP contribution in [0.2, 0.25) is 0 Å². The van der Waals surface area contributed by atoms with Crippen LogP contribution in [0.25, 0.3) is 5.65 Å². The number of aryl methyl sites for hydroxylation is 1. The smallest absolute Gasteiger partial charge is 0.355 e. The Bertz CT molecular complexity index is 1310. The van der Waals surface area contributed by atoms with Crippen LogP contribution in [0.3, 0.4) is 0 Å². The van der Waals surface area contributed by atoms with Gasteiger partial charge in [0, 0.05) is 31.6 Å². The van der Waals surface area contributed by atoms with Crippen LogP contribution in [0.15, 0.2) is 30.6 Å². The lowest BCUT2D eigenvalue weighted by atomic mass is 9.86. The predicted molar refractivity (Wildman–Crippen MR) is 137 cm³/mol. The van der Waals surface area contributed by atoms with E-state index in [0.717, 1.165) is 25.7 Å². The van der Waals surface area contributed by atoms with Gasteiger partial charge in [-0.1, -0.05) is 25.7 Å². The molecule has 0 radical (unpaired) electrons. The van der Waals surface area contributed by atoms with E-state index in [2.05, 4.69) is 20.8 Å². The molecule has 3 aromatic heterocycles. The highest BCUT2D eigenvalue weighted by Crippen LogP contribution is 2.35. The quantitative estimate of drug-likeness (QED) is 0.432. The highest BCUT2D eigenvalue weighted by atomic mass is 19.4. The van der Waals surface area contributed by atoms with E-state index in [1.807, 2.05) is 6.92 Å². The van der Waals surface area contributed by atoms with Crippen molar-refractivity contribution in [2.24, 2.45) is 17.8 Å². The highest BCUT2D eigenvalue weighted by molar-refractivity contribution is 5.92. The molecular formula is C27H34F3N7O2. The van der Waals surface area contributed by atoms with Gasteiger partial charge in [-0.15, -0.1) is 0 Å². The molecule has 2 aliphatic rings. The zero-order chi connectivity index (χ0) is 27.6. The second kappa shape index (κ2) is 11.4. The van der Waals surface area contributed by atoms with Crippen molar-refractivity contribution in [1.29, 1.82) is 0 Å². The van der Waals surface area contributed by atoms with Crippen LogP contribution >= 0.6 is 0 Å². The van der Waals surface area contributed by atoms with Crippen LogP contribution in [-0.2, 0) is 17.8 Å². The van der Waals surface area contributed by atoms with Gasteiger partial charge in [0.15, 0.2) is 5.65 Å². The van der Waals surface area contributed by atoms with Crippen LogP contribution < -0.4 is 10.6 Å². The maximum Gasteiger partial charge on any atom is 0.393 e. The maximum atomic E-state index is 13.3. The molecule has 12 heteroatoms. The second-order valence-corrected chi connectivity index (χ2v) is 10.6. The molecule has 1 aliphatic heterocycles. The van der Waals surface area contributed by atoms with E-state index in [4.69, 9.17) is 4.98 Å². The van der Waals surface area contributed by atoms with Gasteiger partial charge in [-0.05, 0) is 50.3 Å². The summed E-state index contributed by atoms with van der Waals surface area (Å²) < 4.78 is 43.0. The molecule has 2 N–H and O–H groups in total. The number of hydrogen-bond donors (Lipinski definition) is 2. The largest absolute Gasteiger partial charge is 0.393 e. The van der Waals surface area contributed by atoms with Crippen molar-refractivity contribution in [3.8, 4) is 0 Å². The summed E-state index contributed by atoms with van der Waals surface area (Å²) in [6.45, 7) is 2.12. The van der Waals surface area contributed by atoms with Crippen LogP contribution in [0.4, 0.5) is 13.2 Å². The standard InChI is InChI=1S/C27H34F3N7O2/c1-2-36-22(11-12-32-36)26(39)34-24(17-7-5-3-4-6-8-17)21-16-37-23(33-21)10-9-20(35-37)14-18-13-19(27(28,29)30)15-31-25(18)38/h9-12,16-19,24H,2-8,13-15H2,1H3,(H,31,38)(H,34,39)/t18?,19-,24-/m0/s1. The van der Waals surface area contributed by atoms with Crippen molar-refractivity contribution in [3.05, 3.63) is 47.7 Å². The van der Waals surface area contributed by atoms with Crippen LogP contribution in [0.1, 0.15) is 79.8 Å². The number of carbonyl (C=O) groups excluding carboxylic acids is 2. The molecule has 1 saturated heterocycles. The molecule has 1 aliphatic carbocycles. The molecule has 0 aromatic carbocycles. The van der Waals surface area contributed by atoms with Gasteiger partial charge in [-0.2, -0.15) is 23.4 Å². The minimum atomic E-state index is -4.35. The van der Waals surface area contributed by atoms with Gasteiger partial charge in [-0.25, -0.2) is 9.50 Å². The molecule has 1 saturated carbocycles. The van der Waals surface area contributed by atoms with Gasteiger partial charge in [-0.3, -0.25) is 14.3 Å². The Morgan fingerprint density at radius 2 is 1.95 bits per heavy atom. The number of hydrogen-bond acceptors (Lipinski definition) is 5. The molecule has 39 heavy (non-hydrogen) atoms. The summed E-state index contributed by atoms with van der Waals surface area (Å²) in [5.41, 5.74) is 2.26. The SMILES string of the molecule is CCn1nccc1C(=O)N[C@H](c1cn2nc(CC3C[C@H](C(F)(F)F)CNC3=O)ccc2n1)C1CCCCCC1. The number of amides is 2. The van der Waals surface area contributed by atoms with E-state index < -0.39 is 18.0 Å². The minimum absolute atomic E-state index is 0.103. The number of piperidine rings is 1. The number of alkyl halides is 3. The number of nitrogens with one attached hydrogen (secondary N) is 2. The molecule has 3 atom stereocenters. The Morgan fingerprint density at radius 3 is 2.67 bits per heavy atom. The molecule has 2 amide bonds. The number of halogens is 3. The maximum absolute atomic E-state index is 13.3. The number of aromatic nitrogens is 5. The zero-order valence-electron chi connectivity index (χ0n) is 22.0. The molecule has 210 valence electrons. The summed E-state index contributed by atoms with van der Waals surface area (Å²) in [6, 6.07) is 4.84. The van der Waals surface area contributed by atoms with E-state index in [9.17, 15) is 22.8 Å². The first-order chi connectivity index (χ1) is 18.7. The number of fused-ring (bicyclic) bond motifs is 1. The molecule has 4 heterocycles. The number of nitrogens with zero attached hydrogens (tertiary/aromatic N) is 5. The van der Waals surface area contributed by atoms with E-state index in [1.165, 1.54) is 12.8 Å². The third kappa shape index (κ3) is 6.09.